The number of rotatable bonds is 5. The Morgan fingerprint density at radius 2 is 2.22 bits per heavy atom. The van der Waals surface area contributed by atoms with Crippen molar-refractivity contribution in [3.05, 3.63) is 30.5 Å². The van der Waals surface area contributed by atoms with Crippen molar-refractivity contribution in [2.45, 2.75) is 12.6 Å². The van der Waals surface area contributed by atoms with Crippen molar-refractivity contribution in [1.29, 1.82) is 0 Å². The van der Waals surface area contributed by atoms with Crippen molar-refractivity contribution in [1.82, 2.24) is 9.47 Å². The Bertz CT molecular complexity index is 675. The van der Waals surface area contributed by atoms with E-state index in [0.29, 0.717) is 19.8 Å². The van der Waals surface area contributed by atoms with Gasteiger partial charge in [0.25, 0.3) is 5.91 Å². The Hall–Kier alpha value is -1.89. The van der Waals surface area contributed by atoms with Crippen molar-refractivity contribution in [3.63, 3.8) is 0 Å². The van der Waals surface area contributed by atoms with Gasteiger partial charge in [-0.3, -0.25) is 4.79 Å². The molecule has 1 aliphatic rings. The van der Waals surface area contributed by atoms with Crippen LogP contribution in [0.2, 0.25) is 0 Å². The minimum absolute atomic E-state index is 0.157. The molecule has 0 bridgehead atoms. The number of carbonyl (C=O) groups excluding carboxylic acids is 1. The largest absolute Gasteiger partial charge is 0.376 e. The van der Waals surface area contributed by atoms with Gasteiger partial charge in [0.2, 0.25) is 0 Å². The lowest BCUT2D eigenvalue weighted by atomic mass is 10.2. The number of amides is 1. The van der Waals surface area contributed by atoms with Gasteiger partial charge in [-0.1, -0.05) is 6.07 Å². The second-order valence-corrected chi connectivity index (χ2v) is 6.01. The summed E-state index contributed by atoms with van der Waals surface area (Å²) in [6.45, 7) is 3.20. The third kappa shape index (κ3) is 3.90. The molecular weight excluding hydrogens is 294 g/mol. The van der Waals surface area contributed by atoms with Crippen LogP contribution >= 0.6 is 0 Å². The van der Waals surface area contributed by atoms with Crippen LogP contribution in [-0.4, -0.2) is 61.9 Å². The van der Waals surface area contributed by atoms with E-state index < -0.39 is 6.10 Å². The molecule has 6 heteroatoms. The van der Waals surface area contributed by atoms with E-state index in [-0.39, 0.29) is 5.91 Å². The molecule has 2 aromatic rings. The molecule has 0 saturated carbocycles. The van der Waals surface area contributed by atoms with E-state index in [9.17, 15) is 4.79 Å². The summed E-state index contributed by atoms with van der Waals surface area (Å²) >= 11 is 0. The number of hydrogen-bond acceptors (Lipinski definition) is 4. The number of nitrogens with one attached hydrogen (secondary N) is 1. The van der Waals surface area contributed by atoms with E-state index in [1.54, 1.807) is 0 Å². The molecule has 23 heavy (non-hydrogen) atoms. The first-order valence-corrected chi connectivity index (χ1v) is 7.87. The molecule has 124 valence electrons. The Balaban J connectivity index is 1.73. The van der Waals surface area contributed by atoms with E-state index in [4.69, 9.17) is 9.47 Å². The quantitative estimate of drug-likeness (QED) is 0.909. The van der Waals surface area contributed by atoms with Gasteiger partial charge in [0, 0.05) is 25.0 Å². The van der Waals surface area contributed by atoms with Crippen LogP contribution < -0.4 is 5.32 Å². The number of hydrogen-bond donors (Lipinski definition) is 1. The van der Waals surface area contributed by atoms with E-state index >= 15 is 0 Å². The number of anilines is 1. The Morgan fingerprint density at radius 3 is 2.96 bits per heavy atom. The maximum atomic E-state index is 12.2. The summed E-state index contributed by atoms with van der Waals surface area (Å²) in [5, 5.41) is 4.08. The molecule has 0 radical (unpaired) electrons. The van der Waals surface area contributed by atoms with Gasteiger partial charge in [0.05, 0.1) is 25.3 Å². The summed E-state index contributed by atoms with van der Waals surface area (Å²) in [5.41, 5.74) is 1.90. The number of ether oxygens (including phenoxy) is 2. The summed E-state index contributed by atoms with van der Waals surface area (Å²) in [6.07, 6.45) is 1.55. The van der Waals surface area contributed by atoms with Crippen molar-refractivity contribution in [3.8, 4) is 0 Å². The predicted molar refractivity (Wildman–Crippen MR) is 89.7 cm³/mol. The fraction of sp³-hybridized carbons (Fsp3) is 0.471. The molecule has 1 aromatic heterocycles. The fourth-order valence-corrected chi connectivity index (χ4v) is 2.63. The van der Waals surface area contributed by atoms with Crippen LogP contribution in [0, 0.1) is 0 Å². The van der Waals surface area contributed by atoms with E-state index in [1.807, 2.05) is 18.2 Å². The maximum Gasteiger partial charge on any atom is 0.255 e. The van der Waals surface area contributed by atoms with E-state index in [0.717, 1.165) is 24.3 Å². The van der Waals surface area contributed by atoms with Gasteiger partial charge >= 0.3 is 0 Å². The number of likely N-dealkylation sites (N-methyl/N-ethyl adjacent to an activating group) is 1. The number of carbonyl (C=O) groups is 1. The molecule has 2 heterocycles. The van der Waals surface area contributed by atoms with Gasteiger partial charge < -0.3 is 24.3 Å². The van der Waals surface area contributed by atoms with Crippen LogP contribution in [0.3, 0.4) is 0 Å². The number of fused-ring (bicyclic) bond motifs is 1. The highest BCUT2D eigenvalue weighted by molar-refractivity contribution is 5.96. The molecular formula is C17H23N3O3. The summed E-state index contributed by atoms with van der Waals surface area (Å²) in [6, 6.07) is 8.04. The third-order valence-electron chi connectivity index (χ3n) is 3.94. The molecule has 1 aliphatic heterocycles. The molecule has 1 N–H and O–H groups in total. The van der Waals surface area contributed by atoms with Crippen LogP contribution in [0.4, 0.5) is 5.69 Å². The molecule has 1 saturated heterocycles. The van der Waals surface area contributed by atoms with Gasteiger partial charge in [0.1, 0.15) is 0 Å². The Labute approximate surface area is 136 Å². The first-order chi connectivity index (χ1) is 11.1. The van der Waals surface area contributed by atoms with Crippen molar-refractivity contribution in [2.24, 2.45) is 0 Å². The molecule has 1 unspecified atom stereocenters. The van der Waals surface area contributed by atoms with Gasteiger partial charge in [-0.25, -0.2) is 0 Å². The van der Waals surface area contributed by atoms with Gasteiger partial charge in [0.15, 0.2) is 6.10 Å². The molecule has 1 fully saturated rings. The van der Waals surface area contributed by atoms with Gasteiger partial charge in [-0.05, 0) is 37.7 Å². The third-order valence-corrected chi connectivity index (χ3v) is 3.94. The van der Waals surface area contributed by atoms with Crippen LogP contribution in [0.15, 0.2) is 30.5 Å². The highest BCUT2D eigenvalue weighted by Gasteiger charge is 2.22. The monoisotopic (exact) mass is 317 g/mol. The lowest BCUT2D eigenvalue weighted by molar-refractivity contribution is -0.142. The van der Waals surface area contributed by atoms with Crippen LogP contribution in [0.5, 0.6) is 0 Å². The van der Waals surface area contributed by atoms with E-state index in [1.165, 1.54) is 5.39 Å². The lowest BCUT2D eigenvalue weighted by Crippen LogP contribution is -2.39. The SMILES string of the molecule is CN(C)CCn1ccc2ccc(NC(=O)C3COCCO3)cc21. The van der Waals surface area contributed by atoms with Crippen molar-refractivity contribution < 1.29 is 14.3 Å². The Morgan fingerprint density at radius 1 is 1.35 bits per heavy atom. The molecule has 1 atom stereocenters. The normalized spacial score (nSPS) is 18.5. The summed E-state index contributed by atoms with van der Waals surface area (Å²) < 4.78 is 12.9. The van der Waals surface area contributed by atoms with E-state index in [2.05, 4.69) is 41.1 Å². The highest BCUT2D eigenvalue weighted by Crippen LogP contribution is 2.21. The van der Waals surface area contributed by atoms with Crippen LogP contribution in [0.1, 0.15) is 0 Å². The molecule has 0 aliphatic carbocycles. The lowest BCUT2D eigenvalue weighted by Gasteiger charge is -2.22. The zero-order chi connectivity index (χ0) is 16.2. The standard InChI is InChI=1S/C17H23N3O3/c1-19(2)7-8-20-6-5-13-3-4-14(11-15(13)20)18-17(21)16-12-22-9-10-23-16/h3-6,11,16H,7-10,12H2,1-2H3,(H,18,21). The topological polar surface area (TPSA) is 55.7 Å². The second-order valence-electron chi connectivity index (χ2n) is 6.01. The first kappa shape index (κ1) is 16.0. The highest BCUT2D eigenvalue weighted by atomic mass is 16.6. The molecule has 6 nitrogen and oxygen atoms in total. The summed E-state index contributed by atoms with van der Waals surface area (Å²) in [5.74, 6) is -0.157. The summed E-state index contributed by atoms with van der Waals surface area (Å²) in [4.78, 5) is 14.4. The molecule has 1 aromatic carbocycles. The number of benzene rings is 1. The van der Waals surface area contributed by atoms with Crippen LogP contribution in [0.25, 0.3) is 10.9 Å². The van der Waals surface area contributed by atoms with Crippen LogP contribution in [-0.2, 0) is 20.8 Å². The second kappa shape index (κ2) is 7.12. The molecule has 0 spiro atoms. The smallest absolute Gasteiger partial charge is 0.255 e. The first-order valence-electron chi connectivity index (χ1n) is 7.87. The summed E-state index contributed by atoms with van der Waals surface area (Å²) in [7, 11) is 4.12. The predicted octanol–water partition coefficient (Wildman–Crippen LogP) is 1.56. The number of nitrogens with zero attached hydrogens (tertiary/aromatic N) is 2. The maximum absolute atomic E-state index is 12.2. The zero-order valence-corrected chi connectivity index (χ0v) is 13.6. The zero-order valence-electron chi connectivity index (χ0n) is 13.6. The minimum Gasteiger partial charge on any atom is -0.376 e. The van der Waals surface area contributed by atoms with Crippen molar-refractivity contribution in [2.75, 3.05) is 45.8 Å². The van der Waals surface area contributed by atoms with Gasteiger partial charge in [-0.2, -0.15) is 0 Å². The van der Waals surface area contributed by atoms with Crippen molar-refractivity contribution >= 4 is 22.5 Å². The fourth-order valence-electron chi connectivity index (χ4n) is 2.63. The number of aromatic nitrogens is 1. The average Bonchev–Trinajstić information content (AvgIpc) is 2.96. The average molecular weight is 317 g/mol. The Kier molecular flexibility index (Phi) is 4.95. The van der Waals surface area contributed by atoms with Gasteiger partial charge in [-0.15, -0.1) is 0 Å². The molecule has 3 rings (SSSR count). The minimum atomic E-state index is -0.528. The molecule has 1 amide bonds.